The van der Waals surface area contributed by atoms with Crippen LogP contribution < -0.4 is 31.6 Å². The van der Waals surface area contributed by atoms with Gasteiger partial charge in [-0.3, -0.25) is 39.4 Å². The number of ether oxygens (including phenoxy) is 3. The maximum atomic E-state index is 13.8. The van der Waals surface area contributed by atoms with Crippen molar-refractivity contribution in [2.24, 2.45) is 11.5 Å². The fourth-order valence-electron chi connectivity index (χ4n) is 7.39. The average Bonchev–Trinajstić information content (AvgIpc) is 4.03. The zero-order chi connectivity index (χ0) is 44.1. The van der Waals surface area contributed by atoms with Crippen LogP contribution in [0.1, 0.15) is 77.5 Å². The van der Waals surface area contributed by atoms with Gasteiger partial charge in [0.25, 0.3) is 11.8 Å². The highest BCUT2D eigenvalue weighted by atomic mass is 32.1. The van der Waals surface area contributed by atoms with Crippen molar-refractivity contribution in [2.75, 3.05) is 57.2 Å². The first kappa shape index (κ1) is 43.4. The van der Waals surface area contributed by atoms with Gasteiger partial charge in [-0.1, -0.05) is 19.1 Å². The molecule has 0 unspecified atom stereocenters. The van der Waals surface area contributed by atoms with Crippen LogP contribution in [-0.4, -0.2) is 109 Å². The number of imidazole rings is 2. The minimum absolute atomic E-state index is 0.176. The Bertz CT molecular complexity index is 2690. The third-order valence-corrected chi connectivity index (χ3v) is 11.4. The van der Waals surface area contributed by atoms with Gasteiger partial charge in [0.2, 0.25) is 23.7 Å². The second-order valence-corrected chi connectivity index (χ2v) is 15.8. The molecule has 1 fully saturated rings. The number of primary amides is 2. The summed E-state index contributed by atoms with van der Waals surface area (Å²) >= 11 is 1.29. The third kappa shape index (κ3) is 9.31. The van der Waals surface area contributed by atoms with E-state index in [0.29, 0.717) is 94.7 Å². The van der Waals surface area contributed by atoms with Crippen LogP contribution in [-0.2, 0) is 30.8 Å². The van der Waals surface area contributed by atoms with Crippen LogP contribution in [0.15, 0.2) is 42.5 Å². The van der Waals surface area contributed by atoms with E-state index in [0.717, 1.165) is 24.6 Å². The highest BCUT2D eigenvalue weighted by molar-refractivity contribution is 7.13. The van der Waals surface area contributed by atoms with Crippen molar-refractivity contribution in [1.82, 2.24) is 38.8 Å². The van der Waals surface area contributed by atoms with Crippen molar-refractivity contribution in [3.8, 4) is 11.5 Å². The lowest BCUT2D eigenvalue weighted by molar-refractivity contribution is 0.0358. The van der Waals surface area contributed by atoms with Gasteiger partial charge in [0, 0.05) is 50.4 Å². The first-order chi connectivity index (χ1) is 29.9. The lowest BCUT2D eigenvalue weighted by atomic mass is 10.1. The summed E-state index contributed by atoms with van der Waals surface area (Å²) in [5.41, 5.74) is 15.3. The van der Waals surface area contributed by atoms with Crippen LogP contribution in [0.3, 0.4) is 0 Å². The van der Waals surface area contributed by atoms with Gasteiger partial charge in [-0.05, 0) is 63.9 Å². The molecule has 0 spiro atoms. The summed E-state index contributed by atoms with van der Waals surface area (Å²) in [6.07, 6.45) is 5.01. The molecule has 2 aromatic carbocycles. The summed E-state index contributed by atoms with van der Waals surface area (Å²) in [4.78, 5) is 69.1. The fraction of sp³-hybridized carbons (Fsp3) is 0.381. The molecule has 4 amide bonds. The van der Waals surface area contributed by atoms with E-state index in [9.17, 15) is 19.2 Å². The number of hydrogen-bond donors (Lipinski definition) is 4. The first-order valence-electron chi connectivity index (χ1n) is 20.3. The molecule has 0 saturated carbocycles. The Hall–Kier alpha value is -6.64. The van der Waals surface area contributed by atoms with E-state index in [1.165, 1.54) is 24.5 Å². The number of carbonyl (C=O) groups excluding carboxylic acids is 4. The molecule has 0 radical (unpaired) electrons. The minimum atomic E-state index is -0.661. The second kappa shape index (κ2) is 19.0. The van der Waals surface area contributed by atoms with Crippen molar-refractivity contribution in [1.29, 1.82) is 0 Å². The number of nitrogens with two attached hydrogens (primary N) is 2. The SMILES string of the molecule is CCc1nc(C)sc1C(=O)Nc1nc2cc(C(N)=O)cc(OC)c2n1C/C=C/Cn1c(NC(=O)c2cc(C)nn2CC)nc2cc(C(N)=O)cc(OCCCN3CCOCC3)c21. The number of nitrogens with zero attached hydrogens (tertiary/aromatic N) is 8. The number of allylic oxidation sites excluding steroid dienone is 2. The lowest BCUT2D eigenvalue weighted by Crippen LogP contribution is -2.37. The number of rotatable bonds is 18. The monoisotopic (exact) mass is 866 g/mol. The van der Waals surface area contributed by atoms with Gasteiger partial charge in [0.1, 0.15) is 33.1 Å². The summed E-state index contributed by atoms with van der Waals surface area (Å²) in [5, 5.41) is 11.1. The molecule has 4 aromatic heterocycles. The molecule has 5 heterocycles. The molecule has 0 aliphatic carbocycles. The lowest BCUT2D eigenvalue weighted by Gasteiger charge is -2.26. The average molecular weight is 867 g/mol. The van der Waals surface area contributed by atoms with E-state index in [-0.39, 0.29) is 42.0 Å². The highest BCUT2D eigenvalue weighted by Gasteiger charge is 2.24. The minimum Gasteiger partial charge on any atom is -0.494 e. The predicted octanol–water partition coefficient (Wildman–Crippen LogP) is 4.31. The maximum absolute atomic E-state index is 13.8. The van der Waals surface area contributed by atoms with Crippen LogP contribution in [0.2, 0.25) is 0 Å². The van der Waals surface area contributed by atoms with Gasteiger partial charge in [-0.25, -0.2) is 15.0 Å². The van der Waals surface area contributed by atoms with Crippen molar-refractivity contribution in [2.45, 2.75) is 60.2 Å². The van der Waals surface area contributed by atoms with E-state index in [1.807, 2.05) is 39.8 Å². The Balaban J connectivity index is 1.25. The molecule has 6 aromatic rings. The van der Waals surface area contributed by atoms with Crippen LogP contribution in [0.5, 0.6) is 11.5 Å². The highest BCUT2D eigenvalue weighted by Crippen LogP contribution is 2.33. The van der Waals surface area contributed by atoms with E-state index in [2.05, 4.69) is 25.6 Å². The fourth-order valence-corrected chi connectivity index (χ4v) is 8.29. The Morgan fingerprint density at radius 1 is 0.839 bits per heavy atom. The van der Waals surface area contributed by atoms with Gasteiger partial charge in [-0.2, -0.15) is 5.10 Å². The molecule has 7 rings (SSSR count). The van der Waals surface area contributed by atoms with Crippen LogP contribution in [0, 0.1) is 13.8 Å². The Labute approximate surface area is 361 Å². The number of methoxy groups -OCH3 is 1. The quantitative estimate of drug-likeness (QED) is 0.0698. The number of fused-ring (bicyclic) bond motifs is 2. The molecule has 0 atom stereocenters. The van der Waals surface area contributed by atoms with Gasteiger partial charge in [0.15, 0.2) is 0 Å². The summed E-state index contributed by atoms with van der Waals surface area (Å²) in [7, 11) is 1.47. The number of aryl methyl sites for hydroxylation is 4. The molecule has 1 aliphatic rings. The Morgan fingerprint density at radius 3 is 2.02 bits per heavy atom. The number of anilines is 2. The van der Waals surface area contributed by atoms with Gasteiger partial charge < -0.3 is 34.8 Å². The van der Waals surface area contributed by atoms with Crippen molar-refractivity contribution < 1.29 is 33.4 Å². The van der Waals surface area contributed by atoms with E-state index >= 15 is 0 Å². The maximum Gasteiger partial charge on any atom is 0.276 e. The molecule has 19 nitrogen and oxygen atoms in total. The number of benzene rings is 2. The summed E-state index contributed by atoms with van der Waals surface area (Å²) in [6, 6.07) is 7.94. The summed E-state index contributed by atoms with van der Waals surface area (Å²) in [5.74, 6) is -1.01. The number of thiazole rings is 1. The predicted molar refractivity (Wildman–Crippen MR) is 234 cm³/mol. The second-order valence-electron chi connectivity index (χ2n) is 14.6. The standard InChI is InChI=1S/C42H50N12O7S/c1-6-28-36(62-25(4)45-28)40(58)49-42-46-29-20-26(37(43)55)22-32(59-5)34(29)52(42)12-8-9-13-53-35-30(47-41(53)48-39(57)31-19-24(3)50-54(31)7-2)21-27(38(44)56)23-33(35)61-16-10-11-51-14-17-60-18-15-51/h8-9,19-23H,6-7,10-18H2,1-5H3,(H2,43,55)(H2,44,56)(H,46,49,58)(H,47,48,57)/b9-8+. The van der Waals surface area contributed by atoms with Crippen molar-refractivity contribution >= 4 is 68.9 Å². The summed E-state index contributed by atoms with van der Waals surface area (Å²) < 4.78 is 22.7. The molecular weight excluding hydrogens is 817 g/mol. The van der Waals surface area contributed by atoms with Gasteiger partial charge in [0.05, 0.1) is 54.4 Å². The Morgan fingerprint density at radius 2 is 1.44 bits per heavy atom. The van der Waals surface area contributed by atoms with Crippen LogP contribution >= 0.6 is 11.3 Å². The largest absolute Gasteiger partial charge is 0.494 e. The Kier molecular flexibility index (Phi) is 13.3. The molecule has 6 N–H and O–H groups in total. The molecule has 0 bridgehead atoms. The van der Waals surface area contributed by atoms with Gasteiger partial charge >= 0.3 is 0 Å². The topological polar surface area (TPSA) is 242 Å². The zero-order valence-electron chi connectivity index (χ0n) is 35.3. The van der Waals surface area contributed by atoms with Crippen LogP contribution in [0.25, 0.3) is 22.1 Å². The number of amides is 4. The number of aromatic nitrogens is 7. The van der Waals surface area contributed by atoms with Crippen molar-refractivity contribution in [3.05, 3.63) is 80.6 Å². The molecule has 62 heavy (non-hydrogen) atoms. The molecule has 326 valence electrons. The normalized spacial score (nSPS) is 13.3. The summed E-state index contributed by atoms with van der Waals surface area (Å²) in [6.45, 7) is 12.5. The van der Waals surface area contributed by atoms with E-state index < -0.39 is 17.7 Å². The smallest absolute Gasteiger partial charge is 0.276 e. The van der Waals surface area contributed by atoms with Crippen LogP contribution in [0.4, 0.5) is 11.9 Å². The molecule has 1 aliphatic heterocycles. The number of carbonyl (C=O) groups is 4. The number of hydrogen-bond acceptors (Lipinski definition) is 13. The number of morpholine rings is 1. The first-order valence-corrected chi connectivity index (χ1v) is 21.1. The van der Waals surface area contributed by atoms with Gasteiger partial charge in [-0.15, -0.1) is 11.3 Å². The molecule has 1 saturated heterocycles. The van der Waals surface area contributed by atoms with Crippen molar-refractivity contribution in [3.63, 3.8) is 0 Å². The van der Waals surface area contributed by atoms with E-state index in [4.69, 9.17) is 35.6 Å². The zero-order valence-corrected chi connectivity index (χ0v) is 36.1. The third-order valence-electron chi connectivity index (χ3n) is 10.4. The van der Waals surface area contributed by atoms with E-state index in [1.54, 1.807) is 38.1 Å². The number of nitrogens with one attached hydrogen (secondary N) is 2. The molecular formula is C42H50N12O7S. The molecule has 20 heteroatoms.